The zero-order valence-corrected chi connectivity index (χ0v) is 56.9. The molecule has 524 valence electrons. The van der Waals surface area contributed by atoms with Crippen LogP contribution in [-0.2, 0) is 0 Å². The number of nitrogens with zero attached hydrogens (tertiary/aromatic N) is 8. The van der Waals surface area contributed by atoms with Gasteiger partial charge in [0.15, 0.2) is 23.1 Å². The molecule has 0 N–H and O–H groups in total. The van der Waals surface area contributed by atoms with Crippen LogP contribution in [0, 0.1) is 98.8 Å². The molecule has 0 atom stereocenters. The van der Waals surface area contributed by atoms with Crippen LogP contribution in [-0.4, -0.2) is 102 Å². The third kappa shape index (κ3) is 25.7. The number of benzene rings is 6. The van der Waals surface area contributed by atoms with E-state index < -0.39 is 70.9 Å². The molecule has 6 heterocycles. The fraction of sp³-hybridized carbons (Fsp3) is 0.0857. The third-order valence-electron chi connectivity index (χ3n) is 12.5. The average molecular weight is 1690 g/mol. The van der Waals surface area contributed by atoms with E-state index in [4.69, 9.17) is 10.2 Å². The molecule has 0 radical (unpaired) electrons. The number of aromatic nitrogens is 8. The molecule has 0 aliphatic rings. The SMILES string of the molecule is C[O-].C[O-].O=C(/C=C(\[O-])C(F)(F)F)c1ccccc1.O=C(/C=C(\[O-])C(F)(F)F)c1ccccc1.O=C(/C=C(\[O-])C(F)(F)F)c1ccccc1.O=C(/C=C(\[O-])C(F)(F)F)c1ccccc1.[Eu+3].[Eu+3].c1cnc2c(c1)c1nccnc1c1cccnc12.c1cnc2c(c1)c1nccnc1c1cccnc12. The van der Waals surface area contributed by atoms with Crippen LogP contribution in [0.5, 0.6) is 0 Å². The Labute approximate surface area is 651 Å². The standard InChI is InChI=1S/2C14H8N4.4C10H7F3O2.2CH3O.2Eu/c2*1-3-9-11(15-5-1)12-10(4-2-6-16-12)14-13(9)17-7-8-18-14;4*11-10(12,13)9(15)6-8(14)7-4-2-1-3-5-7;2*1-2;;/h2*1-8H;4*1-6,15H;2*1H3;;/q;;;;;;2*-1;2*+3/p-4/b;;4*9-6-;;;;. The summed E-state index contributed by atoms with van der Waals surface area (Å²) in [5.74, 6) is -12.4. The van der Waals surface area contributed by atoms with E-state index in [0.29, 0.717) is 0 Å². The maximum atomic E-state index is 11.8. The number of fused-ring (bicyclic) bond motifs is 12. The first kappa shape index (κ1) is 86.9. The van der Waals surface area contributed by atoms with Gasteiger partial charge in [-0.15, -0.1) is 0 Å². The summed E-state index contributed by atoms with van der Waals surface area (Å²) >= 11 is 0. The van der Waals surface area contributed by atoms with Gasteiger partial charge < -0.3 is 30.6 Å². The van der Waals surface area contributed by atoms with Gasteiger partial charge in [-0.3, -0.25) is 59.0 Å². The Hall–Kier alpha value is -9.27. The summed E-state index contributed by atoms with van der Waals surface area (Å²) in [6.45, 7) is 0. The fourth-order valence-electron chi connectivity index (χ4n) is 8.15. The average Bonchev–Trinajstić information content (AvgIpc) is 0.758. The molecule has 0 saturated heterocycles. The molecule has 6 aromatic carbocycles. The predicted molar refractivity (Wildman–Crippen MR) is 332 cm³/mol. The molecule has 18 nitrogen and oxygen atoms in total. The Balaban J connectivity index is 0.000000315. The van der Waals surface area contributed by atoms with E-state index >= 15 is 0 Å². The first-order valence-corrected chi connectivity index (χ1v) is 28.0. The van der Waals surface area contributed by atoms with Gasteiger partial charge in [0, 0.05) is 93.4 Å². The zero-order chi connectivity index (χ0) is 73.8. The van der Waals surface area contributed by atoms with Crippen molar-refractivity contribution in [2.45, 2.75) is 24.7 Å². The Bertz CT molecular complexity index is 3970. The molecule has 0 bridgehead atoms. The van der Waals surface area contributed by atoms with E-state index in [9.17, 15) is 92.3 Å². The predicted octanol–water partition coefficient (Wildman–Crippen LogP) is 10.1. The topological polar surface area (TPSA) is 310 Å². The van der Waals surface area contributed by atoms with Crippen LogP contribution < -0.4 is 30.6 Å². The Morgan fingerprint density at radius 1 is 0.255 bits per heavy atom. The number of ketones is 4. The quantitative estimate of drug-likeness (QED) is 0.0449. The maximum Gasteiger partial charge on any atom is 3.00 e. The first-order valence-electron chi connectivity index (χ1n) is 28.0. The minimum Gasteiger partial charge on any atom is -0.869 e. The van der Waals surface area contributed by atoms with E-state index in [0.717, 1.165) is 79.9 Å². The summed E-state index contributed by atoms with van der Waals surface area (Å²) in [5, 5.41) is 62.3. The second kappa shape index (κ2) is 41.6. The number of carbonyl (C=O) groups is 4. The molecular weight excluding hydrogens is 1640 g/mol. The molecule has 12 rings (SSSR count). The van der Waals surface area contributed by atoms with Crippen molar-refractivity contribution >= 4 is 88.8 Å². The maximum absolute atomic E-state index is 11.8. The third-order valence-corrected chi connectivity index (χ3v) is 12.5. The molecule has 102 heavy (non-hydrogen) atoms. The van der Waals surface area contributed by atoms with Gasteiger partial charge in [0.05, 0.1) is 44.1 Å². The molecule has 0 amide bonds. The molecule has 6 aromatic heterocycles. The molecule has 0 saturated carbocycles. The van der Waals surface area contributed by atoms with E-state index in [1.54, 1.807) is 73.8 Å². The van der Waals surface area contributed by atoms with Gasteiger partial charge in [-0.25, -0.2) is 0 Å². The van der Waals surface area contributed by atoms with Crippen molar-refractivity contribution in [3.05, 3.63) is 289 Å². The number of hydrogen-bond acceptors (Lipinski definition) is 18. The summed E-state index contributed by atoms with van der Waals surface area (Å²) < 4.78 is 142. The van der Waals surface area contributed by atoms with Crippen LogP contribution in [0.1, 0.15) is 41.4 Å². The summed E-state index contributed by atoms with van der Waals surface area (Å²) in [7, 11) is 1.50. The van der Waals surface area contributed by atoms with Crippen molar-refractivity contribution in [3.63, 3.8) is 0 Å². The molecule has 0 aliphatic heterocycles. The van der Waals surface area contributed by atoms with Gasteiger partial charge in [0.2, 0.25) is 0 Å². The van der Waals surface area contributed by atoms with E-state index in [1.165, 1.54) is 97.1 Å². The summed E-state index contributed by atoms with van der Waals surface area (Å²) in [6.07, 6.45) is -5.85. The van der Waals surface area contributed by atoms with E-state index in [1.807, 2.05) is 48.5 Å². The first-order chi connectivity index (χ1) is 47.5. The number of pyridine rings is 4. The van der Waals surface area contributed by atoms with Gasteiger partial charge in [0.1, 0.15) is 0 Å². The van der Waals surface area contributed by atoms with Crippen LogP contribution >= 0.6 is 0 Å². The van der Waals surface area contributed by atoms with Gasteiger partial charge in [-0.1, -0.05) is 121 Å². The fourth-order valence-corrected chi connectivity index (χ4v) is 8.15. The van der Waals surface area contributed by atoms with Crippen molar-refractivity contribution < 1.29 is 201 Å². The van der Waals surface area contributed by atoms with Gasteiger partial charge >= 0.3 is 123 Å². The Morgan fingerprint density at radius 3 is 0.549 bits per heavy atom. The van der Waals surface area contributed by atoms with Crippen molar-refractivity contribution in [3.8, 4) is 0 Å². The number of rotatable bonds is 8. The van der Waals surface area contributed by atoms with Gasteiger partial charge in [-0.2, -0.15) is 66.9 Å². The minimum atomic E-state index is -5.00. The van der Waals surface area contributed by atoms with E-state index in [-0.39, 0.29) is 145 Å². The molecule has 0 spiro atoms. The van der Waals surface area contributed by atoms with E-state index in [2.05, 4.69) is 39.9 Å². The second-order valence-electron chi connectivity index (χ2n) is 19.1. The molecule has 0 aliphatic carbocycles. The van der Waals surface area contributed by atoms with Crippen molar-refractivity contribution in [1.82, 2.24) is 39.9 Å². The van der Waals surface area contributed by atoms with Crippen molar-refractivity contribution in [1.29, 1.82) is 0 Å². The number of halogens is 12. The number of allylic oxidation sites excluding steroid dienone is 8. The monoisotopic (exact) mass is 1690 g/mol. The smallest absolute Gasteiger partial charge is 0.869 e. The summed E-state index contributed by atoms with van der Waals surface area (Å²) in [5.41, 5.74) is 7.21. The number of alkyl halides is 12. The minimum absolute atomic E-state index is 0. The molecule has 12 aromatic rings. The molecule has 0 unspecified atom stereocenters. The number of carbonyl (C=O) groups excluding carboxylic acids is 4. The summed E-state index contributed by atoms with van der Waals surface area (Å²) in [4.78, 5) is 79.9. The van der Waals surface area contributed by atoms with Crippen LogP contribution in [0.15, 0.2) is 267 Å². The van der Waals surface area contributed by atoms with Crippen LogP contribution in [0.3, 0.4) is 0 Å². The molecular formula is C70H46Eu2F12N8O10. The largest absolute Gasteiger partial charge is 3.00 e. The second-order valence-corrected chi connectivity index (χ2v) is 19.1. The van der Waals surface area contributed by atoms with Crippen LogP contribution in [0.2, 0.25) is 0 Å². The Kier molecular flexibility index (Phi) is 35.5. The molecule has 32 heteroatoms. The zero-order valence-electron chi connectivity index (χ0n) is 52.0. The normalized spacial score (nSPS) is 11.5. The summed E-state index contributed by atoms with van der Waals surface area (Å²) in [6, 6.07) is 44.8. The molecule has 0 fully saturated rings. The van der Waals surface area contributed by atoms with Crippen molar-refractivity contribution in [2.75, 3.05) is 14.2 Å². The van der Waals surface area contributed by atoms with Gasteiger partial charge in [-0.05, 0) is 95.9 Å². The van der Waals surface area contributed by atoms with Crippen LogP contribution in [0.4, 0.5) is 52.7 Å². The number of hydrogen-bond donors (Lipinski definition) is 0. The van der Waals surface area contributed by atoms with Gasteiger partial charge in [0.25, 0.3) is 0 Å². The van der Waals surface area contributed by atoms with Crippen LogP contribution in [0.25, 0.3) is 65.7 Å². The Morgan fingerprint density at radius 2 is 0.402 bits per heavy atom. The van der Waals surface area contributed by atoms with Crippen molar-refractivity contribution in [2.24, 2.45) is 0 Å².